The molecule has 3 saturated heterocycles. The molecule has 0 aromatic carbocycles. The molecule has 0 aliphatic carbocycles. The van der Waals surface area contributed by atoms with Crippen molar-refractivity contribution in [3.63, 3.8) is 0 Å². The van der Waals surface area contributed by atoms with Gasteiger partial charge in [0.2, 0.25) is 17.7 Å². The maximum Gasteiger partial charge on any atom is 0.353 e. The van der Waals surface area contributed by atoms with E-state index in [1.54, 1.807) is 6.92 Å². The first-order valence-electron chi connectivity index (χ1n) is 14.6. The summed E-state index contributed by atoms with van der Waals surface area (Å²) in [5.41, 5.74) is 5.57. The van der Waals surface area contributed by atoms with Crippen molar-refractivity contribution in [2.75, 3.05) is 39.3 Å². The first-order valence-corrected chi connectivity index (χ1v) is 15.5. The molecule has 3 fully saturated rings. The maximum absolute atomic E-state index is 13.3. The van der Waals surface area contributed by atoms with E-state index in [9.17, 15) is 24.3 Å². The van der Waals surface area contributed by atoms with E-state index in [1.165, 1.54) is 27.7 Å². The number of aliphatic carboxylic acids is 1. The third-order valence-corrected chi connectivity index (χ3v) is 10.3. The zero-order valence-electron chi connectivity index (χ0n) is 23.9. The lowest BCUT2D eigenvalue weighted by molar-refractivity contribution is -0.158. The van der Waals surface area contributed by atoms with E-state index in [2.05, 4.69) is 31.5 Å². The molecule has 3 amide bonds. The summed E-state index contributed by atoms with van der Waals surface area (Å²) in [5.74, 6) is -1.91. The van der Waals surface area contributed by atoms with Gasteiger partial charge in [0.25, 0.3) is 0 Å². The van der Waals surface area contributed by atoms with Gasteiger partial charge in [-0.15, -0.1) is 16.9 Å². The Morgan fingerprint density at radius 3 is 2.71 bits per heavy atom. The highest BCUT2D eigenvalue weighted by Crippen LogP contribution is 2.51. The number of likely N-dealkylation sites (tertiary alicyclic amines) is 1. The lowest BCUT2D eigenvalue weighted by Crippen LogP contribution is -2.66. The number of tetrazole rings is 1. The minimum atomic E-state index is -1.14. The highest BCUT2D eigenvalue weighted by Gasteiger charge is 2.60. The number of thioether (sulfide) groups is 1. The Balaban J connectivity index is 1.16. The zero-order chi connectivity index (χ0) is 30.0. The molecule has 1 aromatic heterocycles. The summed E-state index contributed by atoms with van der Waals surface area (Å²) in [5, 5.41) is 30.3. The summed E-state index contributed by atoms with van der Waals surface area (Å²) >= 11 is 1.46. The minimum Gasteiger partial charge on any atom is -0.477 e. The highest BCUT2D eigenvalue weighted by atomic mass is 32.2. The van der Waals surface area contributed by atoms with Gasteiger partial charge in [-0.1, -0.05) is 6.92 Å². The molecule has 6 N–H and O–H groups in total. The molecular weight excluding hydrogens is 564 g/mol. The van der Waals surface area contributed by atoms with Crippen LogP contribution < -0.4 is 21.7 Å². The van der Waals surface area contributed by atoms with E-state index in [0.29, 0.717) is 30.3 Å². The number of piperidine rings is 1. The number of carbonyl (C=O) groups excluding carboxylic acids is 3. The van der Waals surface area contributed by atoms with E-state index in [4.69, 9.17) is 5.73 Å². The van der Waals surface area contributed by atoms with Gasteiger partial charge in [0.05, 0.1) is 18.0 Å². The first kappa shape index (κ1) is 30.4. The number of hydrogen-bond acceptors (Lipinski definition) is 11. The number of carbonyl (C=O) groups is 4. The highest BCUT2D eigenvalue weighted by molar-refractivity contribution is 8.03. The molecule has 230 valence electrons. The van der Waals surface area contributed by atoms with Crippen LogP contribution in [0.5, 0.6) is 0 Å². The molecule has 1 unspecified atom stereocenters. The number of nitrogens with one attached hydrogen (secondary N) is 3. The topological polar surface area (TPSA) is 201 Å². The molecule has 1 aromatic rings. The Morgan fingerprint density at radius 1 is 1.29 bits per heavy atom. The van der Waals surface area contributed by atoms with Gasteiger partial charge in [0.15, 0.2) is 0 Å². The summed E-state index contributed by atoms with van der Waals surface area (Å²) in [6, 6.07) is -1.16. The second kappa shape index (κ2) is 13.1. The first-order chi connectivity index (χ1) is 20.2. The second-order valence-electron chi connectivity index (χ2n) is 11.6. The van der Waals surface area contributed by atoms with Crippen molar-refractivity contribution < 1.29 is 24.3 Å². The Kier molecular flexibility index (Phi) is 9.44. The van der Waals surface area contributed by atoms with Crippen LogP contribution in [0.25, 0.3) is 0 Å². The summed E-state index contributed by atoms with van der Waals surface area (Å²) in [6.45, 7) is 8.00. The monoisotopic (exact) mass is 604 g/mol. The third-order valence-electron chi connectivity index (χ3n) is 8.78. The summed E-state index contributed by atoms with van der Waals surface area (Å²) in [6.07, 6.45) is 3.84. The van der Waals surface area contributed by atoms with Crippen molar-refractivity contribution in [3.05, 3.63) is 16.9 Å². The van der Waals surface area contributed by atoms with Gasteiger partial charge in [0.1, 0.15) is 18.6 Å². The van der Waals surface area contributed by atoms with Crippen molar-refractivity contribution >= 4 is 35.5 Å². The molecule has 5 rings (SSSR count). The smallest absolute Gasteiger partial charge is 0.353 e. The van der Waals surface area contributed by atoms with Crippen molar-refractivity contribution in [2.24, 2.45) is 23.5 Å². The summed E-state index contributed by atoms with van der Waals surface area (Å²) < 4.78 is 1.28. The van der Waals surface area contributed by atoms with Crippen LogP contribution >= 0.6 is 11.8 Å². The van der Waals surface area contributed by atoms with Crippen LogP contribution in [0.15, 0.2) is 16.9 Å². The number of nitrogens with two attached hydrogens (primary N) is 1. The third kappa shape index (κ3) is 6.16. The van der Waals surface area contributed by atoms with Crippen LogP contribution in [0, 0.1) is 17.8 Å². The van der Waals surface area contributed by atoms with Crippen LogP contribution in [-0.4, -0.2) is 121 Å². The van der Waals surface area contributed by atoms with Gasteiger partial charge in [0, 0.05) is 54.8 Å². The van der Waals surface area contributed by atoms with E-state index < -0.39 is 17.9 Å². The minimum absolute atomic E-state index is 0.00409. The van der Waals surface area contributed by atoms with Gasteiger partial charge < -0.3 is 36.6 Å². The van der Waals surface area contributed by atoms with Crippen LogP contribution in [0.2, 0.25) is 0 Å². The number of β-lactam (4-membered cyclic amide) rings is 1. The SMILES string of the molecule is C[C@H]1C(S[C@@H]2CN[C@H](C(=O)N3CCC(CNCCN)CC3)C2)=C(C(=O)O)N2C(=O)[C@H]([C@@H](C)NC(=O)Cn3cnnn3)C12. The predicted molar refractivity (Wildman–Crippen MR) is 152 cm³/mol. The van der Waals surface area contributed by atoms with Crippen molar-refractivity contribution in [1.82, 2.24) is 46.0 Å². The summed E-state index contributed by atoms with van der Waals surface area (Å²) in [4.78, 5) is 55.3. The van der Waals surface area contributed by atoms with Crippen LogP contribution in [0.4, 0.5) is 0 Å². The quantitative estimate of drug-likeness (QED) is 0.133. The van der Waals surface area contributed by atoms with Crippen LogP contribution in [0.1, 0.15) is 33.1 Å². The Hall–Kier alpha value is -3.08. The molecule has 0 radical (unpaired) electrons. The molecule has 15 nitrogen and oxygen atoms in total. The molecule has 6 atom stereocenters. The van der Waals surface area contributed by atoms with Gasteiger partial charge in [-0.3, -0.25) is 14.4 Å². The van der Waals surface area contributed by atoms with Crippen LogP contribution in [-0.2, 0) is 25.7 Å². The molecular formula is C26H40N10O5S. The summed E-state index contributed by atoms with van der Waals surface area (Å²) in [7, 11) is 0. The van der Waals surface area contributed by atoms with E-state index in [-0.39, 0.29) is 53.2 Å². The van der Waals surface area contributed by atoms with E-state index in [0.717, 1.165) is 39.0 Å². The molecule has 5 heterocycles. The Labute approximate surface area is 248 Å². The zero-order valence-corrected chi connectivity index (χ0v) is 24.8. The molecule has 4 aliphatic heterocycles. The maximum atomic E-state index is 13.3. The van der Waals surface area contributed by atoms with Crippen molar-refractivity contribution in [3.8, 4) is 0 Å². The van der Waals surface area contributed by atoms with Gasteiger partial charge >= 0.3 is 5.97 Å². The number of amides is 3. The average Bonchev–Trinajstić information content (AvgIpc) is 3.69. The van der Waals surface area contributed by atoms with Gasteiger partial charge in [-0.2, -0.15) is 0 Å². The van der Waals surface area contributed by atoms with Crippen molar-refractivity contribution in [2.45, 2.75) is 63.0 Å². The van der Waals surface area contributed by atoms with E-state index >= 15 is 0 Å². The number of carboxylic acids is 1. The fraction of sp³-hybridized carbons (Fsp3) is 0.731. The fourth-order valence-corrected chi connectivity index (χ4v) is 8.11. The Morgan fingerprint density at radius 2 is 2.05 bits per heavy atom. The predicted octanol–water partition coefficient (Wildman–Crippen LogP) is -1.80. The normalized spacial score (nSPS) is 28.5. The molecule has 0 bridgehead atoms. The van der Waals surface area contributed by atoms with Gasteiger partial charge in [-0.25, -0.2) is 9.48 Å². The second-order valence-corrected chi connectivity index (χ2v) is 12.9. The largest absolute Gasteiger partial charge is 0.477 e. The lowest BCUT2D eigenvalue weighted by Gasteiger charge is -2.47. The Bertz CT molecular complexity index is 1200. The molecule has 42 heavy (non-hydrogen) atoms. The van der Waals surface area contributed by atoms with Crippen molar-refractivity contribution in [1.29, 1.82) is 0 Å². The molecule has 0 spiro atoms. The van der Waals surface area contributed by atoms with Crippen LogP contribution in [0.3, 0.4) is 0 Å². The van der Waals surface area contributed by atoms with Gasteiger partial charge in [-0.05, 0) is 49.1 Å². The number of hydrogen-bond donors (Lipinski definition) is 5. The number of rotatable bonds is 12. The fourth-order valence-electron chi connectivity index (χ4n) is 6.63. The standard InChI is InChI=1S/C26H40N10O5S/c1-14-21-20(15(2)31-19(37)12-35-13-30-32-33-35)25(39)36(21)22(26(40)41)23(14)42-17-9-18(29-11-17)24(38)34-7-3-16(4-8-34)10-28-6-5-27/h13-18,20-21,28-29H,3-12,27H2,1-2H3,(H,31,37)(H,40,41)/t14-,15-,17+,18+,20-,21?/m1/s1. The van der Waals surface area contributed by atoms with E-state index in [1.807, 2.05) is 11.8 Å². The lowest BCUT2D eigenvalue weighted by atomic mass is 9.78. The number of nitrogens with zero attached hydrogens (tertiary/aromatic N) is 6. The number of fused-ring (bicyclic) bond motifs is 1. The number of aromatic nitrogens is 4. The number of carboxylic acid groups (broad SMARTS) is 1. The molecule has 16 heteroatoms. The average molecular weight is 605 g/mol. The molecule has 0 saturated carbocycles. The molecule has 4 aliphatic rings.